The Morgan fingerprint density at radius 3 is 2.67 bits per heavy atom. The number of piperazine rings is 1. The third kappa shape index (κ3) is 4.31. The van der Waals surface area contributed by atoms with E-state index in [1.807, 2.05) is 0 Å². The Labute approximate surface area is 125 Å². The van der Waals surface area contributed by atoms with Crippen molar-refractivity contribution >= 4 is 12.0 Å². The van der Waals surface area contributed by atoms with Crippen LogP contribution in [0.4, 0.5) is 4.79 Å². The summed E-state index contributed by atoms with van der Waals surface area (Å²) in [6, 6.07) is -0.141. The second-order valence-corrected chi connectivity index (χ2v) is 6.21. The number of nitrogens with one attached hydrogen (secondary N) is 2. The normalized spacial score (nSPS) is 27.4. The maximum Gasteiger partial charge on any atom is 0.317 e. The lowest BCUT2D eigenvalue weighted by Crippen LogP contribution is -2.52. The predicted molar refractivity (Wildman–Crippen MR) is 79.3 cm³/mol. The number of rotatable bonds is 4. The molecular weight excluding hydrogens is 272 g/mol. The molecule has 2 aliphatic heterocycles. The van der Waals surface area contributed by atoms with E-state index in [0.717, 1.165) is 39.1 Å². The van der Waals surface area contributed by atoms with Crippen LogP contribution in [0.1, 0.15) is 19.8 Å². The van der Waals surface area contributed by atoms with Crippen molar-refractivity contribution in [3.05, 3.63) is 0 Å². The van der Waals surface area contributed by atoms with Crippen LogP contribution in [0, 0.1) is 5.41 Å². The summed E-state index contributed by atoms with van der Waals surface area (Å²) in [5.74, 6) is -0.819. The van der Waals surface area contributed by atoms with Crippen molar-refractivity contribution in [2.75, 3.05) is 52.4 Å². The Morgan fingerprint density at radius 2 is 2.00 bits per heavy atom. The predicted octanol–water partition coefficient (Wildman–Crippen LogP) is -0.212. The number of hydrogen-bond acceptors (Lipinski definition) is 4. The molecule has 2 aliphatic rings. The largest absolute Gasteiger partial charge is 0.481 e. The van der Waals surface area contributed by atoms with Crippen LogP contribution in [0.2, 0.25) is 0 Å². The van der Waals surface area contributed by atoms with E-state index in [4.69, 9.17) is 0 Å². The van der Waals surface area contributed by atoms with Gasteiger partial charge in [-0.15, -0.1) is 0 Å². The van der Waals surface area contributed by atoms with Crippen LogP contribution >= 0.6 is 0 Å². The zero-order valence-corrected chi connectivity index (χ0v) is 12.7. The van der Waals surface area contributed by atoms with Gasteiger partial charge in [0.05, 0.1) is 5.41 Å². The molecule has 7 nitrogen and oxygen atoms in total. The lowest BCUT2D eigenvalue weighted by atomic mass is 9.82. The topological polar surface area (TPSA) is 84.9 Å². The summed E-state index contributed by atoms with van der Waals surface area (Å²) in [5, 5.41) is 15.5. The first-order valence-corrected chi connectivity index (χ1v) is 7.70. The van der Waals surface area contributed by atoms with E-state index in [0.29, 0.717) is 26.1 Å². The van der Waals surface area contributed by atoms with Crippen molar-refractivity contribution in [3.8, 4) is 0 Å². The highest BCUT2D eigenvalue weighted by atomic mass is 16.4. The van der Waals surface area contributed by atoms with Crippen LogP contribution in [-0.2, 0) is 4.79 Å². The summed E-state index contributed by atoms with van der Waals surface area (Å²) in [6.45, 7) is 8.12. The number of piperidine rings is 1. The third-order valence-corrected chi connectivity index (χ3v) is 4.41. The van der Waals surface area contributed by atoms with Crippen LogP contribution in [0.25, 0.3) is 0 Å². The number of carbonyl (C=O) groups is 2. The zero-order valence-electron chi connectivity index (χ0n) is 12.7. The molecule has 1 unspecified atom stereocenters. The number of amides is 2. The number of hydrogen-bond donors (Lipinski definition) is 3. The number of carboxylic acid groups (broad SMARTS) is 1. The first-order chi connectivity index (χ1) is 10.0. The second kappa shape index (κ2) is 7.09. The van der Waals surface area contributed by atoms with Gasteiger partial charge in [0.2, 0.25) is 0 Å². The molecule has 7 heteroatoms. The Morgan fingerprint density at radius 1 is 1.29 bits per heavy atom. The molecule has 3 N–H and O–H groups in total. The van der Waals surface area contributed by atoms with Crippen LogP contribution < -0.4 is 10.6 Å². The first-order valence-electron chi connectivity index (χ1n) is 7.70. The molecule has 2 saturated heterocycles. The second-order valence-electron chi connectivity index (χ2n) is 6.21. The van der Waals surface area contributed by atoms with E-state index < -0.39 is 11.4 Å². The Balaban J connectivity index is 1.73. The molecule has 0 radical (unpaired) electrons. The van der Waals surface area contributed by atoms with Gasteiger partial charge in [-0.05, 0) is 19.8 Å². The number of urea groups is 1. The fraction of sp³-hybridized carbons (Fsp3) is 0.857. The number of carbonyl (C=O) groups excluding carboxylic acids is 1. The van der Waals surface area contributed by atoms with Crippen molar-refractivity contribution in [2.24, 2.45) is 5.41 Å². The molecule has 2 rings (SSSR count). The fourth-order valence-electron chi connectivity index (χ4n) is 2.95. The summed E-state index contributed by atoms with van der Waals surface area (Å²) < 4.78 is 0. The molecule has 0 aromatic rings. The van der Waals surface area contributed by atoms with Gasteiger partial charge in [0.25, 0.3) is 0 Å². The van der Waals surface area contributed by atoms with E-state index >= 15 is 0 Å². The molecule has 0 saturated carbocycles. The van der Waals surface area contributed by atoms with Gasteiger partial charge in [-0.25, -0.2) is 4.79 Å². The minimum Gasteiger partial charge on any atom is -0.481 e. The Kier molecular flexibility index (Phi) is 5.41. The maximum atomic E-state index is 12.1. The lowest BCUT2D eigenvalue weighted by molar-refractivity contribution is -0.150. The number of nitrogens with zero attached hydrogens (tertiary/aromatic N) is 2. The summed E-state index contributed by atoms with van der Waals surface area (Å²) in [6.07, 6.45) is 1.38. The standard InChI is InChI=1S/C14H26N4O3/c1-14(12(19)20)3-2-7-18(11-14)13(21)16-6-10-17-8-4-15-5-9-17/h15H,2-11H2,1H3,(H,16,21)(H,19,20). The SMILES string of the molecule is CC1(C(=O)O)CCCN(C(=O)NCCN2CCNCC2)C1. The van der Waals surface area contributed by atoms with Crippen molar-refractivity contribution < 1.29 is 14.7 Å². The van der Waals surface area contributed by atoms with Crippen LogP contribution in [0.15, 0.2) is 0 Å². The number of likely N-dealkylation sites (tertiary alicyclic amines) is 1. The molecule has 0 bridgehead atoms. The van der Waals surface area contributed by atoms with Gasteiger partial charge < -0.3 is 20.6 Å². The minimum atomic E-state index is -0.819. The molecule has 120 valence electrons. The molecule has 0 spiro atoms. The van der Waals surface area contributed by atoms with Crippen LogP contribution in [0.3, 0.4) is 0 Å². The highest BCUT2D eigenvalue weighted by molar-refractivity contribution is 5.78. The molecular formula is C14H26N4O3. The monoisotopic (exact) mass is 298 g/mol. The molecule has 2 heterocycles. The van der Waals surface area contributed by atoms with Gasteiger partial charge in [-0.3, -0.25) is 9.69 Å². The number of aliphatic carboxylic acids is 1. The summed E-state index contributed by atoms with van der Waals surface area (Å²) in [4.78, 5) is 27.4. The summed E-state index contributed by atoms with van der Waals surface area (Å²) >= 11 is 0. The Hall–Kier alpha value is -1.34. The van der Waals surface area contributed by atoms with E-state index in [2.05, 4.69) is 15.5 Å². The smallest absolute Gasteiger partial charge is 0.317 e. The molecule has 21 heavy (non-hydrogen) atoms. The van der Waals surface area contributed by atoms with Crippen LogP contribution in [-0.4, -0.2) is 79.3 Å². The summed E-state index contributed by atoms with van der Waals surface area (Å²) in [7, 11) is 0. The van der Waals surface area contributed by atoms with Gasteiger partial charge in [0.1, 0.15) is 0 Å². The van der Waals surface area contributed by atoms with E-state index in [9.17, 15) is 14.7 Å². The van der Waals surface area contributed by atoms with Gasteiger partial charge in [-0.1, -0.05) is 0 Å². The van der Waals surface area contributed by atoms with Gasteiger partial charge in [0, 0.05) is 52.4 Å². The van der Waals surface area contributed by atoms with E-state index in [-0.39, 0.29) is 6.03 Å². The number of carboxylic acids is 1. The average Bonchev–Trinajstić information content (AvgIpc) is 2.48. The minimum absolute atomic E-state index is 0.141. The van der Waals surface area contributed by atoms with Crippen molar-refractivity contribution in [3.63, 3.8) is 0 Å². The first kappa shape index (κ1) is 16.0. The fourth-order valence-corrected chi connectivity index (χ4v) is 2.95. The van der Waals surface area contributed by atoms with Crippen molar-refractivity contribution in [1.29, 1.82) is 0 Å². The molecule has 2 fully saturated rings. The highest BCUT2D eigenvalue weighted by Gasteiger charge is 2.39. The van der Waals surface area contributed by atoms with Crippen molar-refractivity contribution in [1.82, 2.24) is 20.4 Å². The molecule has 0 aromatic carbocycles. The van der Waals surface area contributed by atoms with Gasteiger partial charge >= 0.3 is 12.0 Å². The van der Waals surface area contributed by atoms with E-state index in [1.54, 1.807) is 11.8 Å². The lowest BCUT2D eigenvalue weighted by Gasteiger charge is -2.37. The van der Waals surface area contributed by atoms with Gasteiger partial charge in [0.15, 0.2) is 0 Å². The molecule has 0 aliphatic carbocycles. The molecule has 0 aromatic heterocycles. The quantitative estimate of drug-likeness (QED) is 0.669. The third-order valence-electron chi connectivity index (χ3n) is 4.41. The van der Waals surface area contributed by atoms with Crippen molar-refractivity contribution in [2.45, 2.75) is 19.8 Å². The van der Waals surface area contributed by atoms with E-state index in [1.165, 1.54) is 0 Å². The summed E-state index contributed by atoms with van der Waals surface area (Å²) in [5.41, 5.74) is -0.811. The molecule has 2 amide bonds. The highest BCUT2D eigenvalue weighted by Crippen LogP contribution is 2.29. The maximum absolute atomic E-state index is 12.1. The molecule has 1 atom stereocenters. The van der Waals surface area contributed by atoms with Gasteiger partial charge in [-0.2, -0.15) is 0 Å². The average molecular weight is 298 g/mol. The van der Waals surface area contributed by atoms with Crippen LogP contribution in [0.5, 0.6) is 0 Å². The zero-order chi connectivity index (χ0) is 15.3. The Bertz CT molecular complexity index is 384.